The molecule has 4 rings (SSSR count). The molecular formula is C22H21N7O. The number of likely N-dealkylation sites (N-methyl/N-ethyl adjacent to an activating group) is 1. The van der Waals surface area contributed by atoms with Gasteiger partial charge >= 0.3 is 0 Å². The predicted octanol–water partition coefficient (Wildman–Crippen LogP) is 3.14. The third-order valence-electron chi connectivity index (χ3n) is 4.47. The zero-order chi connectivity index (χ0) is 20.9. The molecule has 0 aliphatic heterocycles. The average Bonchev–Trinajstić information content (AvgIpc) is 3.17. The molecular weight excluding hydrogens is 378 g/mol. The summed E-state index contributed by atoms with van der Waals surface area (Å²) in [6, 6.07) is 7.63. The number of nitrogens with zero attached hydrogens (tertiary/aromatic N) is 5. The Balaban J connectivity index is 1.61. The Hall–Kier alpha value is -3.91. The van der Waals surface area contributed by atoms with E-state index in [2.05, 4.69) is 30.2 Å². The Labute approximate surface area is 173 Å². The number of aromatic amines is 1. The van der Waals surface area contributed by atoms with Crippen molar-refractivity contribution in [3.05, 3.63) is 67.5 Å². The summed E-state index contributed by atoms with van der Waals surface area (Å²) in [4.78, 5) is 34.3. The van der Waals surface area contributed by atoms with Crippen LogP contribution < -0.4 is 5.32 Å². The second kappa shape index (κ2) is 8.62. The molecule has 150 valence electrons. The van der Waals surface area contributed by atoms with Crippen LogP contribution in [0.3, 0.4) is 0 Å². The molecule has 4 aromatic rings. The first-order chi connectivity index (χ1) is 14.6. The van der Waals surface area contributed by atoms with Crippen molar-refractivity contribution < 1.29 is 4.79 Å². The van der Waals surface area contributed by atoms with E-state index in [-0.39, 0.29) is 5.91 Å². The van der Waals surface area contributed by atoms with Crippen LogP contribution in [0.25, 0.3) is 33.4 Å². The third-order valence-corrected chi connectivity index (χ3v) is 4.47. The topological polar surface area (TPSA) is 99.7 Å². The SMILES string of the molecule is CN(C)C/C=C/C(=O)Nc1cc(-c2cnc3[nH]cc(-c4ccncn4)c3c2)ccn1. The number of fused-ring (bicyclic) bond motifs is 1. The van der Waals surface area contributed by atoms with Gasteiger partial charge in [0.15, 0.2) is 0 Å². The van der Waals surface area contributed by atoms with Gasteiger partial charge in [-0.3, -0.25) is 4.79 Å². The maximum Gasteiger partial charge on any atom is 0.249 e. The molecule has 1 amide bonds. The van der Waals surface area contributed by atoms with Crippen LogP contribution in [0.2, 0.25) is 0 Å². The summed E-state index contributed by atoms with van der Waals surface area (Å²) in [6.45, 7) is 0.692. The fourth-order valence-corrected chi connectivity index (χ4v) is 3.04. The Morgan fingerprint density at radius 2 is 2.03 bits per heavy atom. The lowest BCUT2D eigenvalue weighted by Gasteiger charge is -2.07. The first kappa shape index (κ1) is 19.4. The number of carbonyl (C=O) groups excluding carboxylic acids is 1. The summed E-state index contributed by atoms with van der Waals surface area (Å²) >= 11 is 0. The van der Waals surface area contributed by atoms with Gasteiger partial charge in [-0.25, -0.2) is 19.9 Å². The molecule has 4 aromatic heterocycles. The summed E-state index contributed by atoms with van der Waals surface area (Å²) in [6.07, 6.45) is 11.9. The minimum absolute atomic E-state index is 0.216. The van der Waals surface area contributed by atoms with Gasteiger partial charge in [0, 0.05) is 53.9 Å². The minimum atomic E-state index is -0.216. The highest BCUT2D eigenvalue weighted by molar-refractivity contribution is 5.99. The molecule has 0 spiro atoms. The van der Waals surface area contributed by atoms with E-state index in [0.29, 0.717) is 12.4 Å². The number of hydrogen-bond acceptors (Lipinski definition) is 6. The summed E-state index contributed by atoms with van der Waals surface area (Å²) in [5.74, 6) is 0.268. The van der Waals surface area contributed by atoms with Crippen LogP contribution in [0.5, 0.6) is 0 Å². The minimum Gasteiger partial charge on any atom is -0.345 e. The fraction of sp³-hybridized carbons (Fsp3) is 0.136. The van der Waals surface area contributed by atoms with Gasteiger partial charge in [0.05, 0.1) is 5.69 Å². The molecule has 30 heavy (non-hydrogen) atoms. The van der Waals surface area contributed by atoms with E-state index in [1.54, 1.807) is 24.7 Å². The normalized spacial score (nSPS) is 11.4. The Morgan fingerprint density at radius 3 is 2.83 bits per heavy atom. The van der Waals surface area contributed by atoms with E-state index in [4.69, 9.17) is 0 Å². The molecule has 8 heteroatoms. The Kier molecular flexibility index (Phi) is 5.58. The van der Waals surface area contributed by atoms with Crippen molar-refractivity contribution in [3.63, 3.8) is 0 Å². The fourth-order valence-electron chi connectivity index (χ4n) is 3.04. The molecule has 0 radical (unpaired) electrons. The first-order valence-corrected chi connectivity index (χ1v) is 9.42. The Bertz CT molecular complexity index is 1200. The van der Waals surface area contributed by atoms with Crippen molar-refractivity contribution in [2.45, 2.75) is 0 Å². The number of H-pyrrole nitrogens is 1. The highest BCUT2D eigenvalue weighted by Gasteiger charge is 2.10. The molecule has 8 nitrogen and oxygen atoms in total. The van der Waals surface area contributed by atoms with E-state index in [1.807, 2.05) is 49.5 Å². The van der Waals surface area contributed by atoms with E-state index >= 15 is 0 Å². The van der Waals surface area contributed by atoms with Crippen molar-refractivity contribution in [1.82, 2.24) is 29.8 Å². The summed E-state index contributed by atoms with van der Waals surface area (Å²) in [5.41, 5.74) is 4.37. The standard InChI is InChI=1S/C22H21N7O/c1-29(2)9-3-4-21(30)28-20-11-15(5-8-24-20)16-10-17-18(13-26-22(17)25-12-16)19-6-7-23-14-27-19/h3-8,10-14H,9H2,1-2H3,(H,25,26)(H,24,28,30)/b4-3+. The average molecular weight is 399 g/mol. The highest BCUT2D eigenvalue weighted by atomic mass is 16.1. The van der Waals surface area contributed by atoms with Gasteiger partial charge < -0.3 is 15.2 Å². The lowest BCUT2D eigenvalue weighted by Crippen LogP contribution is -2.13. The van der Waals surface area contributed by atoms with Crippen LogP contribution in [0.1, 0.15) is 0 Å². The number of nitrogens with one attached hydrogen (secondary N) is 2. The highest BCUT2D eigenvalue weighted by Crippen LogP contribution is 2.30. The van der Waals surface area contributed by atoms with Gasteiger partial charge in [0.25, 0.3) is 0 Å². The number of carbonyl (C=O) groups is 1. The summed E-state index contributed by atoms with van der Waals surface area (Å²) in [5, 5.41) is 3.75. The van der Waals surface area contributed by atoms with Crippen LogP contribution >= 0.6 is 0 Å². The van der Waals surface area contributed by atoms with E-state index < -0.39 is 0 Å². The van der Waals surface area contributed by atoms with Crippen LogP contribution in [0.4, 0.5) is 5.82 Å². The zero-order valence-electron chi connectivity index (χ0n) is 16.7. The summed E-state index contributed by atoms with van der Waals surface area (Å²) in [7, 11) is 3.89. The van der Waals surface area contributed by atoms with Crippen LogP contribution in [0.15, 0.2) is 67.5 Å². The largest absolute Gasteiger partial charge is 0.345 e. The smallest absolute Gasteiger partial charge is 0.249 e. The van der Waals surface area contributed by atoms with Crippen LogP contribution in [0, 0.1) is 0 Å². The van der Waals surface area contributed by atoms with E-state index in [0.717, 1.165) is 33.4 Å². The molecule has 0 aliphatic carbocycles. The van der Waals surface area contributed by atoms with Crippen LogP contribution in [-0.4, -0.2) is 56.4 Å². The lowest BCUT2D eigenvalue weighted by atomic mass is 10.1. The monoisotopic (exact) mass is 399 g/mol. The molecule has 0 aliphatic rings. The van der Waals surface area contributed by atoms with Gasteiger partial charge in [-0.05, 0) is 43.9 Å². The summed E-state index contributed by atoms with van der Waals surface area (Å²) < 4.78 is 0. The molecule has 2 N–H and O–H groups in total. The van der Waals surface area contributed by atoms with Crippen LogP contribution in [-0.2, 0) is 4.79 Å². The first-order valence-electron chi connectivity index (χ1n) is 9.42. The van der Waals surface area contributed by atoms with Crippen molar-refractivity contribution >= 4 is 22.8 Å². The third kappa shape index (κ3) is 4.39. The van der Waals surface area contributed by atoms with Crippen molar-refractivity contribution in [1.29, 1.82) is 0 Å². The zero-order valence-corrected chi connectivity index (χ0v) is 16.7. The molecule has 0 saturated carbocycles. The number of amides is 1. The van der Waals surface area contributed by atoms with Gasteiger partial charge in [-0.15, -0.1) is 0 Å². The van der Waals surface area contributed by atoms with Gasteiger partial charge in [-0.2, -0.15) is 0 Å². The van der Waals surface area contributed by atoms with Crippen molar-refractivity contribution in [2.24, 2.45) is 0 Å². The molecule has 0 unspecified atom stereocenters. The van der Waals surface area contributed by atoms with E-state index in [1.165, 1.54) is 12.4 Å². The Morgan fingerprint density at radius 1 is 1.13 bits per heavy atom. The van der Waals surface area contributed by atoms with Gasteiger partial charge in [0.1, 0.15) is 17.8 Å². The number of hydrogen-bond donors (Lipinski definition) is 2. The predicted molar refractivity (Wildman–Crippen MR) is 117 cm³/mol. The van der Waals surface area contributed by atoms with Gasteiger partial charge in [-0.1, -0.05) is 6.08 Å². The number of aromatic nitrogens is 5. The molecule has 0 atom stereocenters. The quantitative estimate of drug-likeness (QED) is 0.483. The molecule has 0 bridgehead atoms. The van der Waals surface area contributed by atoms with E-state index in [9.17, 15) is 4.79 Å². The maximum atomic E-state index is 12.1. The lowest BCUT2D eigenvalue weighted by molar-refractivity contribution is -0.111. The maximum absolute atomic E-state index is 12.1. The number of pyridine rings is 2. The van der Waals surface area contributed by atoms with Gasteiger partial charge in [0.2, 0.25) is 5.91 Å². The molecule has 0 fully saturated rings. The second-order valence-electron chi connectivity index (χ2n) is 7.00. The molecule has 0 aromatic carbocycles. The number of rotatable bonds is 6. The molecule has 4 heterocycles. The van der Waals surface area contributed by atoms with Crippen molar-refractivity contribution in [3.8, 4) is 22.4 Å². The number of anilines is 1. The van der Waals surface area contributed by atoms with Crippen molar-refractivity contribution in [2.75, 3.05) is 26.0 Å². The second-order valence-corrected chi connectivity index (χ2v) is 7.00. The molecule has 0 saturated heterocycles.